The third kappa shape index (κ3) is 9.84. The van der Waals surface area contributed by atoms with E-state index in [1.165, 1.54) is 33.1 Å². The Bertz CT molecular complexity index is 1090. The monoisotopic (exact) mass is 567 g/mol. The molecule has 40 heavy (non-hydrogen) atoms. The molecule has 0 aromatic heterocycles. The lowest BCUT2D eigenvalue weighted by Crippen LogP contribution is -2.63. The Morgan fingerprint density at radius 3 is 1.85 bits per heavy atom. The number of esters is 5. The van der Waals surface area contributed by atoms with Gasteiger partial charge >= 0.3 is 29.8 Å². The van der Waals surface area contributed by atoms with E-state index in [2.05, 4.69) is 5.32 Å². The van der Waals surface area contributed by atoms with Gasteiger partial charge in [0.1, 0.15) is 24.5 Å². The fraction of sp³-hybridized carbons (Fsp3) is 0.538. The van der Waals surface area contributed by atoms with E-state index in [-0.39, 0.29) is 12.2 Å². The quantitative estimate of drug-likeness (QED) is 0.287. The molecule has 1 aromatic carbocycles. The van der Waals surface area contributed by atoms with Crippen LogP contribution in [0.3, 0.4) is 0 Å². The smallest absolute Gasteiger partial charge is 0.328 e. The van der Waals surface area contributed by atoms with Gasteiger partial charge in [-0.25, -0.2) is 4.79 Å². The number of rotatable bonds is 11. The van der Waals surface area contributed by atoms with Crippen molar-refractivity contribution in [3.63, 3.8) is 0 Å². The van der Waals surface area contributed by atoms with Crippen molar-refractivity contribution < 1.29 is 61.9 Å². The van der Waals surface area contributed by atoms with Crippen LogP contribution in [0.1, 0.15) is 40.2 Å². The number of hydrogen-bond acceptors (Lipinski definition) is 13. The van der Waals surface area contributed by atoms with Crippen molar-refractivity contribution in [3.05, 3.63) is 29.8 Å². The first-order chi connectivity index (χ1) is 18.8. The first-order valence-corrected chi connectivity index (χ1v) is 12.2. The van der Waals surface area contributed by atoms with Crippen LogP contribution in [0.4, 0.5) is 0 Å². The maximum atomic E-state index is 12.0. The summed E-state index contributed by atoms with van der Waals surface area (Å²) in [4.78, 5) is 70.7. The van der Waals surface area contributed by atoms with Crippen molar-refractivity contribution in [3.8, 4) is 5.75 Å². The maximum absolute atomic E-state index is 12.0. The van der Waals surface area contributed by atoms with Crippen LogP contribution < -0.4 is 10.1 Å². The zero-order valence-corrected chi connectivity index (χ0v) is 23.0. The predicted octanol–water partition coefficient (Wildman–Crippen LogP) is 0.369. The van der Waals surface area contributed by atoms with Gasteiger partial charge < -0.3 is 38.5 Å². The molecule has 1 N–H and O–H groups in total. The molecule has 0 saturated carbocycles. The number of ether oxygens (including phenoxy) is 7. The zero-order valence-electron chi connectivity index (χ0n) is 23.0. The fourth-order valence-corrected chi connectivity index (χ4v) is 3.94. The summed E-state index contributed by atoms with van der Waals surface area (Å²) in [5.41, 5.74) is 0.651. The minimum atomic E-state index is -1.39. The lowest BCUT2D eigenvalue weighted by atomic mass is 9.98. The average Bonchev–Trinajstić information content (AvgIpc) is 2.85. The van der Waals surface area contributed by atoms with Gasteiger partial charge in [-0.3, -0.25) is 24.0 Å². The maximum Gasteiger partial charge on any atom is 0.328 e. The molecule has 6 atom stereocenters. The fourth-order valence-electron chi connectivity index (χ4n) is 3.94. The van der Waals surface area contributed by atoms with Gasteiger partial charge in [-0.2, -0.15) is 0 Å². The van der Waals surface area contributed by atoms with Gasteiger partial charge in [0.2, 0.25) is 18.3 Å². The van der Waals surface area contributed by atoms with Crippen LogP contribution >= 0.6 is 0 Å². The Kier molecular flexibility index (Phi) is 11.9. The molecule has 1 saturated heterocycles. The zero-order chi connectivity index (χ0) is 30.0. The molecule has 14 nitrogen and oxygen atoms in total. The van der Waals surface area contributed by atoms with E-state index in [4.69, 9.17) is 33.2 Å². The minimum Gasteiger partial charge on any atom is -0.467 e. The van der Waals surface area contributed by atoms with Gasteiger partial charge in [-0.1, -0.05) is 12.1 Å². The Morgan fingerprint density at radius 2 is 1.35 bits per heavy atom. The highest BCUT2D eigenvalue weighted by Gasteiger charge is 2.53. The summed E-state index contributed by atoms with van der Waals surface area (Å²) in [6.45, 7) is 5.41. The van der Waals surface area contributed by atoms with Gasteiger partial charge in [0.15, 0.2) is 12.2 Å². The van der Waals surface area contributed by atoms with Crippen molar-refractivity contribution in [2.45, 2.75) is 77.8 Å². The highest BCUT2D eigenvalue weighted by molar-refractivity contribution is 5.83. The molecule has 2 rings (SSSR count). The summed E-state index contributed by atoms with van der Waals surface area (Å²) in [6, 6.07) is 5.41. The molecule has 0 aliphatic carbocycles. The molecule has 1 aliphatic rings. The molecule has 0 unspecified atom stereocenters. The number of carbonyl (C=O) groups is 6. The van der Waals surface area contributed by atoms with Crippen LogP contribution in [0.15, 0.2) is 24.3 Å². The number of benzene rings is 1. The Hall–Kier alpha value is -4.20. The van der Waals surface area contributed by atoms with Crippen molar-refractivity contribution in [1.29, 1.82) is 0 Å². The van der Waals surface area contributed by atoms with E-state index < -0.39 is 79.1 Å². The molecular formula is C26H33NO13. The number of amides is 1. The van der Waals surface area contributed by atoms with Gasteiger partial charge in [-0.15, -0.1) is 0 Å². The minimum absolute atomic E-state index is 0.131. The van der Waals surface area contributed by atoms with E-state index >= 15 is 0 Å². The second-order valence-electron chi connectivity index (χ2n) is 8.81. The van der Waals surface area contributed by atoms with Gasteiger partial charge in [0.05, 0.1) is 7.11 Å². The third-order valence-electron chi connectivity index (χ3n) is 5.43. The lowest BCUT2D eigenvalue weighted by molar-refractivity contribution is -0.288. The van der Waals surface area contributed by atoms with E-state index in [0.29, 0.717) is 5.56 Å². The molecule has 14 heteroatoms. The lowest BCUT2D eigenvalue weighted by Gasteiger charge is -2.43. The molecular weight excluding hydrogens is 534 g/mol. The molecule has 1 heterocycles. The van der Waals surface area contributed by atoms with E-state index in [0.717, 1.165) is 20.8 Å². The van der Waals surface area contributed by atoms with Crippen LogP contribution in [0, 0.1) is 0 Å². The molecule has 0 radical (unpaired) electrons. The predicted molar refractivity (Wildman–Crippen MR) is 132 cm³/mol. The second-order valence-corrected chi connectivity index (χ2v) is 8.81. The van der Waals surface area contributed by atoms with Crippen LogP contribution in [-0.4, -0.2) is 86.2 Å². The highest BCUT2D eigenvalue weighted by Crippen LogP contribution is 2.31. The molecule has 0 spiro atoms. The number of hydrogen-bond donors (Lipinski definition) is 1. The summed E-state index contributed by atoms with van der Waals surface area (Å²) in [5.74, 6) is -3.73. The van der Waals surface area contributed by atoms with Crippen LogP contribution in [0.5, 0.6) is 5.75 Å². The molecule has 1 aromatic rings. The highest BCUT2D eigenvalue weighted by atomic mass is 16.7. The van der Waals surface area contributed by atoms with Crippen LogP contribution in [-0.2, 0) is 63.6 Å². The van der Waals surface area contributed by atoms with Crippen molar-refractivity contribution in [1.82, 2.24) is 5.32 Å². The van der Waals surface area contributed by atoms with E-state index in [1.807, 2.05) is 0 Å². The first kappa shape index (κ1) is 32.0. The van der Waals surface area contributed by atoms with Gasteiger partial charge in [0, 0.05) is 41.0 Å². The normalized spacial score (nSPS) is 22.6. The summed E-state index contributed by atoms with van der Waals surface area (Å²) in [5, 5.41) is 2.52. The van der Waals surface area contributed by atoms with Crippen molar-refractivity contribution in [2.24, 2.45) is 0 Å². The topological polar surface area (TPSA) is 179 Å². The van der Waals surface area contributed by atoms with Crippen molar-refractivity contribution >= 4 is 35.8 Å². The molecule has 1 amide bonds. The first-order valence-electron chi connectivity index (χ1n) is 12.2. The summed E-state index contributed by atoms with van der Waals surface area (Å²) >= 11 is 0. The Labute approximate surface area is 230 Å². The van der Waals surface area contributed by atoms with E-state index in [9.17, 15) is 28.8 Å². The van der Waals surface area contributed by atoms with Gasteiger partial charge in [-0.05, 0) is 17.7 Å². The second kappa shape index (κ2) is 14.8. The average molecular weight is 568 g/mol. The molecule has 220 valence electrons. The summed E-state index contributed by atoms with van der Waals surface area (Å²) < 4.78 is 37.7. The summed E-state index contributed by atoms with van der Waals surface area (Å²) in [7, 11) is 1.21. The number of carbonyl (C=O) groups excluding carboxylic acids is 6. The van der Waals surface area contributed by atoms with E-state index in [1.54, 1.807) is 12.1 Å². The standard InChI is InChI=1S/C26H33NO13/c1-13(28)27-20(25(33)34-6)11-18-7-9-19(10-8-18)39-26-24(38-17(5)32)23(37-16(4)31)22(36-15(3)30)21(40-26)12-35-14(2)29/h7-10,20-24,26H,11-12H2,1-6H3,(H,27,28)/t20-,21+,22+,23-,24+,26+/m0/s1. The molecule has 1 aliphatic heterocycles. The van der Waals surface area contributed by atoms with Gasteiger partial charge in [0.25, 0.3) is 0 Å². The molecule has 0 bridgehead atoms. The Morgan fingerprint density at radius 1 is 0.800 bits per heavy atom. The summed E-state index contributed by atoms with van der Waals surface area (Å²) in [6.07, 6.45) is -6.49. The largest absolute Gasteiger partial charge is 0.467 e. The number of methoxy groups -OCH3 is 1. The third-order valence-corrected chi connectivity index (χ3v) is 5.43. The van der Waals surface area contributed by atoms with Crippen LogP contribution in [0.2, 0.25) is 0 Å². The SMILES string of the molecule is COC(=O)[C@H](Cc1ccc(O[C@@H]2O[C@H](COC(C)=O)[C@@H](OC(C)=O)[C@H](OC(C)=O)[C@H]2OC(C)=O)cc1)NC(C)=O. The van der Waals surface area contributed by atoms with Crippen molar-refractivity contribution in [2.75, 3.05) is 13.7 Å². The van der Waals surface area contributed by atoms with Crippen LogP contribution in [0.25, 0.3) is 0 Å². The number of nitrogens with one attached hydrogen (secondary N) is 1. The molecule has 1 fully saturated rings. The Balaban J connectivity index is 2.36.